The van der Waals surface area contributed by atoms with E-state index in [1.54, 1.807) is 10.7 Å². The number of hydrogen-bond donors (Lipinski definition) is 2. The minimum Gasteiger partial charge on any atom is -0.445 e. The van der Waals surface area contributed by atoms with E-state index in [2.05, 4.69) is 31.9 Å². The molecule has 3 aromatic carbocycles. The van der Waals surface area contributed by atoms with Crippen LogP contribution < -0.4 is 21.2 Å². The minimum absolute atomic E-state index is 0.104. The van der Waals surface area contributed by atoms with Gasteiger partial charge in [0, 0.05) is 54.5 Å². The quantitative estimate of drug-likeness (QED) is 0.179. The molecule has 2 aliphatic heterocycles. The number of carbonyl (C=O) groups is 2. The van der Waals surface area contributed by atoms with Crippen molar-refractivity contribution < 1.29 is 18.7 Å². The smallest absolute Gasteiger partial charge is 0.408 e. The van der Waals surface area contributed by atoms with Gasteiger partial charge in [0.2, 0.25) is 5.91 Å². The van der Waals surface area contributed by atoms with Gasteiger partial charge in [0.1, 0.15) is 18.2 Å². The lowest BCUT2D eigenvalue weighted by Crippen LogP contribution is -2.51. The van der Waals surface area contributed by atoms with Crippen molar-refractivity contribution >= 4 is 28.7 Å². The summed E-state index contributed by atoms with van der Waals surface area (Å²) in [6.07, 6.45) is 6.91. The summed E-state index contributed by atoms with van der Waals surface area (Å²) in [6.45, 7) is 4.49. The first-order chi connectivity index (χ1) is 24.4. The molecule has 0 saturated heterocycles. The molecule has 11 nitrogen and oxygen atoms in total. The molecular formula is C39H42N6O5. The molecule has 0 aliphatic carbocycles. The maximum absolute atomic E-state index is 13.5. The van der Waals surface area contributed by atoms with Crippen LogP contribution in [-0.4, -0.2) is 52.2 Å². The van der Waals surface area contributed by atoms with Crippen molar-refractivity contribution in [3.05, 3.63) is 123 Å². The Balaban J connectivity index is 0.981. The number of fused-ring (bicyclic) bond motifs is 2. The molecular weight excluding hydrogens is 632 g/mol. The number of carbonyl (C=O) groups excluding carboxylic acids is 2. The highest BCUT2D eigenvalue weighted by Gasteiger charge is 2.28. The van der Waals surface area contributed by atoms with Gasteiger partial charge in [-0.2, -0.15) is 0 Å². The molecule has 2 aromatic heterocycles. The average Bonchev–Trinajstić information content (AvgIpc) is 3.57. The average molecular weight is 675 g/mol. The summed E-state index contributed by atoms with van der Waals surface area (Å²) in [5, 5.41) is 15.5. The highest BCUT2D eigenvalue weighted by molar-refractivity contribution is 5.90. The fourth-order valence-corrected chi connectivity index (χ4v) is 7.18. The van der Waals surface area contributed by atoms with Crippen LogP contribution in [-0.2, 0) is 54.8 Å². The van der Waals surface area contributed by atoms with E-state index < -0.39 is 12.1 Å². The highest BCUT2D eigenvalue weighted by atomic mass is 16.5. The number of aromatic nitrogens is 3. The third-order valence-electron chi connectivity index (χ3n) is 9.50. The molecule has 0 unspecified atom stereocenters. The van der Waals surface area contributed by atoms with Crippen molar-refractivity contribution in [2.45, 2.75) is 77.1 Å². The number of nitrogens with one attached hydrogen (secondary N) is 2. The first kappa shape index (κ1) is 33.1. The topological polar surface area (TPSA) is 132 Å². The molecule has 0 radical (unpaired) electrons. The molecule has 2 amide bonds. The molecule has 2 atom stereocenters. The Morgan fingerprint density at radius 1 is 0.940 bits per heavy atom. The first-order valence-electron chi connectivity index (χ1n) is 17.5. The molecule has 0 bridgehead atoms. The summed E-state index contributed by atoms with van der Waals surface area (Å²) in [6, 6.07) is 21.6. The normalized spacial score (nSPS) is 14.9. The van der Waals surface area contributed by atoms with Crippen LogP contribution in [0.4, 0.5) is 10.5 Å². The van der Waals surface area contributed by atoms with Crippen LogP contribution in [0.2, 0.25) is 0 Å². The Labute approximate surface area is 290 Å². The number of hydrogen-bond acceptors (Lipinski definition) is 8. The molecule has 258 valence electrons. The van der Waals surface area contributed by atoms with Gasteiger partial charge in [0.15, 0.2) is 0 Å². The third-order valence-corrected chi connectivity index (χ3v) is 9.50. The number of amides is 2. The van der Waals surface area contributed by atoms with Gasteiger partial charge >= 0.3 is 11.7 Å². The molecule has 5 aromatic rings. The first-order valence-corrected chi connectivity index (χ1v) is 17.5. The Bertz CT molecular complexity index is 2020. The van der Waals surface area contributed by atoms with E-state index in [-0.39, 0.29) is 24.2 Å². The van der Waals surface area contributed by atoms with E-state index in [1.165, 1.54) is 16.8 Å². The Morgan fingerprint density at radius 3 is 2.46 bits per heavy atom. The van der Waals surface area contributed by atoms with Gasteiger partial charge in [-0.05, 0) is 73.8 Å². The van der Waals surface area contributed by atoms with Crippen LogP contribution in [0.5, 0.6) is 0 Å². The molecule has 2 aliphatic rings. The van der Waals surface area contributed by atoms with Gasteiger partial charge < -0.3 is 24.7 Å². The molecule has 0 spiro atoms. The zero-order valence-electron chi connectivity index (χ0n) is 28.3. The van der Waals surface area contributed by atoms with Crippen molar-refractivity contribution in [1.82, 2.24) is 25.6 Å². The summed E-state index contributed by atoms with van der Waals surface area (Å²) >= 11 is 0. The second-order valence-corrected chi connectivity index (χ2v) is 13.3. The van der Waals surface area contributed by atoms with Crippen LogP contribution in [0.25, 0.3) is 11.0 Å². The monoisotopic (exact) mass is 674 g/mol. The summed E-state index contributed by atoms with van der Waals surface area (Å²) in [5.74, 6) is -0.322. The summed E-state index contributed by atoms with van der Waals surface area (Å²) in [4.78, 5) is 41.3. The summed E-state index contributed by atoms with van der Waals surface area (Å²) < 4.78 is 12.9. The van der Waals surface area contributed by atoms with E-state index in [9.17, 15) is 14.4 Å². The highest BCUT2D eigenvalue weighted by Crippen LogP contribution is 2.40. The zero-order valence-corrected chi connectivity index (χ0v) is 28.3. The number of alkyl carbamates (subject to hydrolysis) is 1. The standard InChI is InChI=1S/C39H42N6O5/c1-26(40-38(47)34(20-27-10-4-2-5-11-27)41-39(48)49-25-28-12-6-3-7-13-28)23-45-24-31(42-43-45)17-16-29-22-35(46)50-37-32-15-9-19-44-18-8-14-30(36(32)44)21-33(29)37/h2-7,10-13,21-22,24,26,34H,8-9,14-20,23,25H2,1H3,(H,40,47)(H,41,48)/t26-,34-/m0/s1. The number of nitrogens with zero attached hydrogens (tertiary/aromatic N) is 4. The number of ether oxygens (including phenoxy) is 1. The molecule has 7 rings (SSSR count). The molecule has 0 fully saturated rings. The Morgan fingerprint density at radius 2 is 1.68 bits per heavy atom. The predicted molar refractivity (Wildman–Crippen MR) is 190 cm³/mol. The fourth-order valence-electron chi connectivity index (χ4n) is 7.18. The van der Waals surface area contributed by atoms with E-state index in [4.69, 9.17) is 9.15 Å². The van der Waals surface area contributed by atoms with Crippen molar-refractivity contribution in [3.63, 3.8) is 0 Å². The van der Waals surface area contributed by atoms with Gasteiger partial charge in [0.05, 0.1) is 12.2 Å². The molecule has 0 saturated carbocycles. The van der Waals surface area contributed by atoms with E-state index in [1.807, 2.05) is 73.8 Å². The second-order valence-electron chi connectivity index (χ2n) is 13.3. The van der Waals surface area contributed by atoms with Crippen molar-refractivity contribution in [2.75, 3.05) is 18.0 Å². The van der Waals surface area contributed by atoms with Crippen molar-refractivity contribution in [3.8, 4) is 0 Å². The van der Waals surface area contributed by atoms with Gasteiger partial charge in [-0.25, -0.2) is 9.59 Å². The Kier molecular flexibility index (Phi) is 9.91. The fraction of sp³-hybridized carbons (Fsp3) is 0.359. The van der Waals surface area contributed by atoms with E-state index in [0.717, 1.165) is 72.1 Å². The lowest BCUT2D eigenvalue weighted by atomic mass is 9.88. The van der Waals surface area contributed by atoms with Crippen LogP contribution in [0, 0.1) is 0 Å². The number of benzene rings is 3. The SMILES string of the molecule is C[C@@H](Cn1cc(CCc2cc(=O)oc3c4c5c(cc23)CCCN5CCC4)nn1)NC(=O)[C@H](Cc1ccccc1)NC(=O)OCc1ccccc1. The van der Waals surface area contributed by atoms with Gasteiger partial charge in [-0.1, -0.05) is 65.9 Å². The van der Waals surface area contributed by atoms with E-state index in [0.29, 0.717) is 25.8 Å². The maximum atomic E-state index is 13.5. The lowest BCUT2D eigenvalue weighted by Gasteiger charge is -2.37. The van der Waals surface area contributed by atoms with Gasteiger partial charge in [-0.3, -0.25) is 9.48 Å². The second kappa shape index (κ2) is 15.0. The zero-order chi connectivity index (χ0) is 34.5. The maximum Gasteiger partial charge on any atom is 0.408 e. The predicted octanol–water partition coefficient (Wildman–Crippen LogP) is 4.91. The lowest BCUT2D eigenvalue weighted by molar-refractivity contribution is -0.123. The van der Waals surface area contributed by atoms with Gasteiger partial charge in [0.25, 0.3) is 0 Å². The molecule has 11 heteroatoms. The van der Waals surface area contributed by atoms with Crippen LogP contribution in [0.3, 0.4) is 0 Å². The molecule has 2 N–H and O–H groups in total. The van der Waals surface area contributed by atoms with Crippen molar-refractivity contribution in [1.29, 1.82) is 0 Å². The third kappa shape index (κ3) is 7.72. The van der Waals surface area contributed by atoms with Gasteiger partial charge in [-0.15, -0.1) is 5.10 Å². The number of rotatable bonds is 12. The summed E-state index contributed by atoms with van der Waals surface area (Å²) in [5.41, 5.74) is 7.74. The van der Waals surface area contributed by atoms with Crippen LogP contribution >= 0.6 is 0 Å². The summed E-state index contributed by atoms with van der Waals surface area (Å²) in [7, 11) is 0. The van der Waals surface area contributed by atoms with E-state index >= 15 is 0 Å². The number of anilines is 1. The minimum atomic E-state index is -0.837. The van der Waals surface area contributed by atoms with Crippen LogP contribution in [0.1, 0.15) is 53.3 Å². The molecule has 4 heterocycles. The van der Waals surface area contributed by atoms with Crippen molar-refractivity contribution in [2.24, 2.45) is 0 Å². The van der Waals surface area contributed by atoms with Crippen LogP contribution in [0.15, 0.2) is 88.2 Å². The Hall–Kier alpha value is -5.45. The largest absolute Gasteiger partial charge is 0.445 e. The molecule has 50 heavy (non-hydrogen) atoms. The number of aryl methyl sites for hydroxylation is 4.